The summed E-state index contributed by atoms with van der Waals surface area (Å²) in [6, 6.07) is -4.51. The van der Waals surface area contributed by atoms with Crippen LogP contribution in [0.2, 0.25) is 0 Å². The zero-order valence-corrected chi connectivity index (χ0v) is 19.0. The number of amides is 3. The molecule has 7 N–H and O–H groups in total. The number of rotatable bonds is 15. The van der Waals surface area contributed by atoms with Gasteiger partial charge in [-0.1, -0.05) is 0 Å². The maximum Gasteiger partial charge on any atom is 0.327 e. The lowest BCUT2D eigenvalue weighted by Gasteiger charge is -2.24. The third-order valence-electron chi connectivity index (χ3n) is 3.86. The molecule has 4 unspecified atom stereocenters. The van der Waals surface area contributed by atoms with Gasteiger partial charge in [0.15, 0.2) is 0 Å². The largest absolute Gasteiger partial charge is 0.481 e. The molecule has 0 aliphatic carbocycles. The first-order chi connectivity index (χ1) is 14.1. The van der Waals surface area contributed by atoms with Crippen molar-refractivity contribution in [3.8, 4) is 0 Å². The summed E-state index contributed by atoms with van der Waals surface area (Å²) in [5, 5.41) is 24.8. The van der Waals surface area contributed by atoms with Crippen LogP contribution < -0.4 is 21.7 Å². The van der Waals surface area contributed by atoms with Gasteiger partial charge in [0.1, 0.15) is 18.1 Å². The number of nitrogens with two attached hydrogens (primary N) is 1. The van der Waals surface area contributed by atoms with E-state index in [1.807, 2.05) is 6.26 Å². The second-order valence-electron chi connectivity index (χ2n) is 6.21. The van der Waals surface area contributed by atoms with E-state index in [9.17, 15) is 24.0 Å². The fourth-order valence-electron chi connectivity index (χ4n) is 2.12. The van der Waals surface area contributed by atoms with E-state index in [2.05, 4.69) is 41.2 Å². The van der Waals surface area contributed by atoms with E-state index in [1.54, 1.807) is 0 Å². The van der Waals surface area contributed by atoms with Crippen molar-refractivity contribution in [3.63, 3.8) is 0 Å². The van der Waals surface area contributed by atoms with Crippen LogP contribution in [-0.4, -0.2) is 87.6 Å². The lowest BCUT2D eigenvalue weighted by atomic mass is 10.1. The number of carbonyl (C=O) groups excluding carboxylic acids is 3. The second kappa shape index (κ2) is 15.2. The van der Waals surface area contributed by atoms with Crippen LogP contribution in [0.5, 0.6) is 0 Å². The summed E-state index contributed by atoms with van der Waals surface area (Å²) in [5.74, 6) is -4.23. The third kappa shape index (κ3) is 10.9. The van der Waals surface area contributed by atoms with Gasteiger partial charge in [-0.25, -0.2) is 4.79 Å². The summed E-state index contributed by atoms with van der Waals surface area (Å²) in [7, 11) is 0. The molecule has 30 heavy (non-hydrogen) atoms. The van der Waals surface area contributed by atoms with E-state index in [0.717, 1.165) is 0 Å². The van der Waals surface area contributed by atoms with E-state index >= 15 is 0 Å². The summed E-state index contributed by atoms with van der Waals surface area (Å²) < 4.78 is 0. The molecule has 0 aromatic rings. The van der Waals surface area contributed by atoms with Gasteiger partial charge in [-0.2, -0.15) is 37.0 Å². The van der Waals surface area contributed by atoms with Gasteiger partial charge in [0, 0.05) is 17.9 Å². The van der Waals surface area contributed by atoms with Gasteiger partial charge < -0.3 is 31.9 Å². The van der Waals surface area contributed by atoms with Crippen LogP contribution in [0.4, 0.5) is 0 Å². The second-order valence-corrected chi connectivity index (χ2v) is 7.92. The van der Waals surface area contributed by atoms with Crippen molar-refractivity contribution >= 4 is 66.7 Å². The van der Waals surface area contributed by atoms with Crippen LogP contribution in [0.3, 0.4) is 0 Å². The Bertz CT molecular complexity index is 624. The number of nitrogens with one attached hydrogen (secondary N) is 3. The van der Waals surface area contributed by atoms with Crippen molar-refractivity contribution in [2.75, 3.05) is 23.5 Å². The predicted octanol–water partition coefficient (Wildman–Crippen LogP) is -1.67. The molecule has 0 rings (SSSR count). The fraction of sp³-hybridized carbons (Fsp3) is 0.688. The van der Waals surface area contributed by atoms with Gasteiger partial charge in [0.25, 0.3) is 0 Å². The molecule has 0 radical (unpaired) electrons. The molecule has 0 aromatic heterocycles. The zero-order valence-electron chi connectivity index (χ0n) is 16.4. The van der Waals surface area contributed by atoms with Crippen molar-refractivity contribution in [2.45, 2.75) is 43.4 Å². The molecule has 0 saturated carbocycles. The maximum absolute atomic E-state index is 12.6. The van der Waals surface area contributed by atoms with Gasteiger partial charge in [-0.05, 0) is 24.9 Å². The topological polar surface area (TPSA) is 188 Å². The molecule has 0 bridgehead atoms. The Kier molecular flexibility index (Phi) is 14.4. The highest BCUT2D eigenvalue weighted by Gasteiger charge is 2.29. The van der Waals surface area contributed by atoms with Crippen molar-refractivity contribution < 1.29 is 34.2 Å². The first-order valence-electron chi connectivity index (χ1n) is 8.89. The molecule has 14 heteroatoms. The molecule has 0 saturated heterocycles. The number of hydrogen-bond donors (Lipinski definition) is 8. The van der Waals surface area contributed by atoms with E-state index in [-0.39, 0.29) is 30.8 Å². The number of carbonyl (C=O) groups is 5. The highest BCUT2D eigenvalue weighted by Crippen LogP contribution is 2.04. The minimum atomic E-state index is -1.27. The summed E-state index contributed by atoms with van der Waals surface area (Å²) >= 11 is 9.30. The summed E-state index contributed by atoms with van der Waals surface area (Å²) in [5.41, 5.74) is 5.67. The number of aliphatic carboxylic acids is 2. The van der Waals surface area contributed by atoms with Gasteiger partial charge in [-0.3, -0.25) is 19.2 Å². The molecule has 0 heterocycles. The van der Waals surface area contributed by atoms with Gasteiger partial charge in [0.05, 0.1) is 6.04 Å². The monoisotopic (exact) mass is 484 g/mol. The number of thiol groups is 2. The van der Waals surface area contributed by atoms with Crippen molar-refractivity contribution in [2.24, 2.45) is 5.73 Å². The molecule has 172 valence electrons. The minimum absolute atomic E-state index is 0.0972. The van der Waals surface area contributed by atoms with E-state index in [1.165, 1.54) is 11.8 Å². The minimum Gasteiger partial charge on any atom is -0.481 e. The lowest BCUT2D eigenvalue weighted by Crippen LogP contribution is -2.58. The Morgan fingerprint density at radius 3 is 1.83 bits per heavy atom. The van der Waals surface area contributed by atoms with Crippen LogP contribution >= 0.6 is 37.0 Å². The summed E-state index contributed by atoms with van der Waals surface area (Å²) in [6.45, 7) is 0. The molecular formula is C16H28N4O7S3. The van der Waals surface area contributed by atoms with Crippen LogP contribution in [0.1, 0.15) is 19.3 Å². The summed E-state index contributed by atoms with van der Waals surface area (Å²) in [6.07, 6.45) is 1.65. The predicted molar refractivity (Wildman–Crippen MR) is 119 cm³/mol. The van der Waals surface area contributed by atoms with Gasteiger partial charge >= 0.3 is 11.9 Å². The Morgan fingerprint density at radius 1 is 0.867 bits per heavy atom. The molecule has 0 spiro atoms. The van der Waals surface area contributed by atoms with Crippen LogP contribution in [0.15, 0.2) is 0 Å². The van der Waals surface area contributed by atoms with Crippen molar-refractivity contribution in [1.29, 1.82) is 0 Å². The molecule has 11 nitrogen and oxygen atoms in total. The van der Waals surface area contributed by atoms with Crippen LogP contribution in [-0.2, 0) is 24.0 Å². The Hall–Kier alpha value is -1.64. The lowest BCUT2D eigenvalue weighted by molar-refractivity contribution is -0.141. The first kappa shape index (κ1) is 28.4. The molecule has 0 aromatic carbocycles. The van der Waals surface area contributed by atoms with Crippen LogP contribution in [0.25, 0.3) is 0 Å². The van der Waals surface area contributed by atoms with Crippen molar-refractivity contribution in [3.05, 3.63) is 0 Å². The Balaban J connectivity index is 5.09. The smallest absolute Gasteiger partial charge is 0.327 e. The number of thioether (sulfide) groups is 1. The third-order valence-corrected chi connectivity index (χ3v) is 5.24. The average molecular weight is 485 g/mol. The quantitative estimate of drug-likeness (QED) is 0.126. The Morgan fingerprint density at radius 2 is 1.37 bits per heavy atom. The number of carboxylic acid groups (broad SMARTS) is 2. The van der Waals surface area contributed by atoms with E-state index < -0.39 is 53.8 Å². The average Bonchev–Trinajstić information content (AvgIpc) is 2.70. The number of hydrogen-bond acceptors (Lipinski definition) is 9. The fourth-order valence-corrected chi connectivity index (χ4v) is 3.09. The van der Waals surface area contributed by atoms with Crippen molar-refractivity contribution in [1.82, 2.24) is 16.0 Å². The SMILES string of the molecule is CSCCC(NC(=O)C(N)CCC(=O)O)C(=O)NC(CS)C(=O)NC(CS)C(=O)O. The maximum atomic E-state index is 12.6. The Labute approximate surface area is 189 Å². The first-order valence-corrected chi connectivity index (χ1v) is 11.5. The molecule has 4 atom stereocenters. The normalized spacial score (nSPS) is 14.7. The molecular weight excluding hydrogens is 456 g/mol. The molecule has 3 amide bonds. The van der Waals surface area contributed by atoms with E-state index in [4.69, 9.17) is 15.9 Å². The van der Waals surface area contributed by atoms with Crippen LogP contribution in [0, 0.1) is 0 Å². The standard InChI is InChI=1S/C16H28N4O7S3/c1-30-5-4-9(18-13(23)8(17)2-3-12(21)22)14(24)19-10(6-28)15(25)20-11(7-29)16(26)27/h8-11,28-29H,2-7,17H2,1H3,(H,18,23)(H,19,24)(H,20,25)(H,21,22)(H,26,27). The van der Waals surface area contributed by atoms with Gasteiger partial charge in [-0.15, -0.1) is 0 Å². The highest BCUT2D eigenvalue weighted by atomic mass is 32.2. The number of carboxylic acids is 2. The van der Waals surface area contributed by atoms with E-state index in [0.29, 0.717) is 5.75 Å². The highest BCUT2D eigenvalue weighted by molar-refractivity contribution is 7.98. The zero-order chi connectivity index (χ0) is 23.3. The summed E-state index contributed by atoms with van der Waals surface area (Å²) in [4.78, 5) is 58.7. The van der Waals surface area contributed by atoms with Gasteiger partial charge in [0.2, 0.25) is 17.7 Å². The molecule has 0 fully saturated rings. The molecule has 0 aliphatic heterocycles. The molecule has 0 aliphatic rings.